The molecule has 0 unspecified atom stereocenters. The van der Waals surface area contributed by atoms with E-state index in [9.17, 15) is 4.79 Å². The number of carbonyl (C=O) groups excluding carboxylic acids is 1. The summed E-state index contributed by atoms with van der Waals surface area (Å²) in [4.78, 5) is 14.7. The minimum Gasteiger partial charge on any atom is -0.495 e. The van der Waals surface area contributed by atoms with Gasteiger partial charge >= 0.3 is 0 Å². The number of ether oxygens (including phenoxy) is 1. The molecule has 0 saturated heterocycles. The first-order valence-corrected chi connectivity index (χ1v) is 5.82. The number of hydrogen-bond donors (Lipinski definition) is 2. The van der Waals surface area contributed by atoms with Gasteiger partial charge in [-0.2, -0.15) is 0 Å². The molecule has 0 aliphatic heterocycles. The molecular weight excluding hydrogens is 252 g/mol. The standard InChI is InChI=1S/C13H13ClN2O2/c1-18-12-3-2-10(14)7-11(12)16-13(17)6-9-4-5-15-8-9/h2-5,7-8,15H,6H2,1H3,(H,16,17). The van der Waals surface area contributed by atoms with E-state index in [4.69, 9.17) is 16.3 Å². The van der Waals surface area contributed by atoms with Crippen molar-refractivity contribution >= 4 is 23.2 Å². The highest BCUT2D eigenvalue weighted by Gasteiger charge is 2.09. The summed E-state index contributed by atoms with van der Waals surface area (Å²) < 4.78 is 5.16. The number of aromatic nitrogens is 1. The van der Waals surface area contributed by atoms with Gasteiger partial charge < -0.3 is 15.0 Å². The van der Waals surface area contributed by atoms with Gasteiger partial charge in [0.1, 0.15) is 5.75 Å². The minimum absolute atomic E-state index is 0.116. The van der Waals surface area contributed by atoms with E-state index in [1.165, 1.54) is 0 Å². The third-order valence-electron chi connectivity index (χ3n) is 2.46. The van der Waals surface area contributed by atoms with Gasteiger partial charge in [-0.05, 0) is 29.8 Å². The molecule has 1 aromatic heterocycles. The zero-order chi connectivity index (χ0) is 13.0. The average molecular weight is 265 g/mol. The summed E-state index contributed by atoms with van der Waals surface area (Å²) in [6.07, 6.45) is 3.87. The molecule has 0 bridgehead atoms. The fourth-order valence-corrected chi connectivity index (χ4v) is 1.80. The maximum atomic E-state index is 11.8. The molecule has 1 aromatic carbocycles. The van der Waals surface area contributed by atoms with Crippen LogP contribution in [0.2, 0.25) is 5.02 Å². The highest BCUT2D eigenvalue weighted by molar-refractivity contribution is 6.31. The lowest BCUT2D eigenvalue weighted by Crippen LogP contribution is -2.14. The molecule has 0 radical (unpaired) electrons. The first-order valence-electron chi connectivity index (χ1n) is 5.44. The topological polar surface area (TPSA) is 54.1 Å². The van der Waals surface area contributed by atoms with E-state index in [2.05, 4.69) is 10.3 Å². The molecule has 0 fully saturated rings. The SMILES string of the molecule is COc1ccc(Cl)cc1NC(=O)Cc1cc[nH]c1. The summed E-state index contributed by atoms with van der Waals surface area (Å²) >= 11 is 5.89. The predicted molar refractivity (Wildman–Crippen MR) is 71.1 cm³/mol. The Kier molecular flexibility index (Phi) is 3.89. The van der Waals surface area contributed by atoms with Crippen molar-refractivity contribution in [2.24, 2.45) is 0 Å². The number of anilines is 1. The van der Waals surface area contributed by atoms with Crippen LogP contribution >= 0.6 is 11.6 Å². The van der Waals surface area contributed by atoms with Crippen molar-refractivity contribution in [2.75, 3.05) is 12.4 Å². The molecule has 0 saturated carbocycles. The maximum Gasteiger partial charge on any atom is 0.228 e. The number of nitrogens with one attached hydrogen (secondary N) is 2. The molecule has 2 aromatic rings. The fraction of sp³-hybridized carbons (Fsp3) is 0.154. The van der Waals surface area contributed by atoms with Crippen molar-refractivity contribution < 1.29 is 9.53 Å². The first kappa shape index (κ1) is 12.5. The number of amides is 1. The van der Waals surface area contributed by atoms with Gasteiger partial charge in [0.25, 0.3) is 0 Å². The molecular formula is C13H13ClN2O2. The monoisotopic (exact) mass is 264 g/mol. The number of hydrogen-bond acceptors (Lipinski definition) is 2. The van der Waals surface area contributed by atoms with Gasteiger partial charge in [0, 0.05) is 17.4 Å². The summed E-state index contributed by atoms with van der Waals surface area (Å²) in [5, 5.41) is 3.33. The van der Waals surface area contributed by atoms with Gasteiger partial charge in [-0.3, -0.25) is 4.79 Å². The van der Waals surface area contributed by atoms with E-state index < -0.39 is 0 Å². The Hall–Kier alpha value is -1.94. The number of halogens is 1. The van der Waals surface area contributed by atoms with Crippen molar-refractivity contribution in [3.63, 3.8) is 0 Å². The molecule has 1 amide bonds. The molecule has 2 N–H and O–H groups in total. The summed E-state index contributed by atoms with van der Waals surface area (Å²) in [6.45, 7) is 0. The summed E-state index contributed by atoms with van der Waals surface area (Å²) in [5.74, 6) is 0.469. The molecule has 0 aliphatic rings. The van der Waals surface area contributed by atoms with Crippen molar-refractivity contribution in [2.45, 2.75) is 6.42 Å². The Balaban J connectivity index is 2.08. The minimum atomic E-state index is -0.116. The Labute approximate surface area is 110 Å². The van der Waals surface area contributed by atoms with Crippen molar-refractivity contribution in [1.82, 2.24) is 4.98 Å². The lowest BCUT2D eigenvalue weighted by molar-refractivity contribution is -0.115. The first-order chi connectivity index (χ1) is 8.69. The van der Waals surface area contributed by atoms with Crippen LogP contribution in [-0.2, 0) is 11.2 Å². The van der Waals surface area contributed by atoms with Crippen molar-refractivity contribution in [3.05, 3.63) is 47.2 Å². The lowest BCUT2D eigenvalue weighted by Gasteiger charge is -2.10. The summed E-state index contributed by atoms with van der Waals surface area (Å²) in [7, 11) is 1.55. The zero-order valence-corrected chi connectivity index (χ0v) is 10.6. The van der Waals surface area contributed by atoms with Gasteiger partial charge in [-0.25, -0.2) is 0 Å². The van der Waals surface area contributed by atoms with Gasteiger partial charge in [0.05, 0.1) is 19.2 Å². The van der Waals surface area contributed by atoms with E-state index in [-0.39, 0.29) is 5.91 Å². The van der Waals surface area contributed by atoms with E-state index in [0.717, 1.165) is 5.56 Å². The fourth-order valence-electron chi connectivity index (χ4n) is 1.63. The Morgan fingerprint density at radius 2 is 2.28 bits per heavy atom. The number of benzene rings is 1. The van der Waals surface area contributed by atoms with Gasteiger partial charge in [0.2, 0.25) is 5.91 Å². The normalized spacial score (nSPS) is 10.1. The molecule has 4 nitrogen and oxygen atoms in total. The molecule has 0 spiro atoms. The van der Waals surface area contributed by atoms with Crippen LogP contribution in [-0.4, -0.2) is 18.0 Å². The number of carbonyl (C=O) groups is 1. The second kappa shape index (κ2) is 5.60. The van der Waals surface area contributed by atoms with Crippen LogP contribution < -0.4 is 10.1 Å². The highest BCUT2D eigenvalue weighted by Crippen LogP contribution is 2.27. The average Bonchev–Trinajstić information content (AvgIpc) is 2.82. The van der Waals surface area contributed by atoms with Crippen LogP contribution in [0.4, 0.5) is 5.69 Å². The molecule has 0 aliphatic carbocycles. The lowest BCUT2D eigenvalue weighted by atomic mass is 10.2. The molecule has 0 atom stereocenters. The number of aromatic amines is 1. The Bertz CT molecular complexity index is 538. The third-order valence-corrected chi connectivity index (χ3v) is 2.70. The molecule has 94 valence electrons. The van der Waals surface area contributed by atoms with Crippen LogP contribution in [0, 0.1) is 0 Å². The smallest absolute Gasteiger partial charge is 0.228 e. The Morgan fingerprint density at radius 1 is 1.44 bits per heavy atom. The van der Waals surface area contributed by atoms with Crippen LogP contribution in [0.5, 0.6) is 5.75 Å². The summed E-state index contributed by atoms with van der Waals surface area (Å²) in [5.41, 5.74) is 1.50. The third kappa shape index (κ3) is 3.05. The van der Waals surface area contributed by atoms with Gasteiger partial charge in [-0.15, -0.1) is 0 Å². The number of methoxy groups -OCH3 is 1. The Morgan fingerprint density at radius 3 is 2.94 bits per heavy atom. The van der Waals surface area contributed by atoms with Crippen LogP contribution in [0.3, 0.4) is 0 Å². The van der Waals surface area contributed by atoms with Gasteiger partial charge in [0.15, 0.2) is 0 Å². The van der Waals surface area contributed by atoms with Gasteiger partial charge in [-0.1, -0.05) is 11.6 Å². The predicted octanol–water partition coefficient (Wildman–Crippen LogP) is 2.86. The maximum absolute atomic E-state index is 11.8. The molecule has 2 rings (SSSR count). The molecule has 5 heteroatoms. The van der Waals surface area contributed by atoms with E-state index in [1.54, 1.807) is 37.7 Å². The number of H-pyrrole nitrogens is 1. The van der Waals surface area contributed by atoms with Crippen LogP contribution in [0.1, 0.15) is 5.56 Å². The van der Waals surface area contributed by atoms with Crippen LogP contribution in [0.25, 0.3) is 0 Å². The van der Waals surface area contributed by atoms with E-state index >= 15 is 0 Å². The van der Waals surface area contributed by atoms with Crippen LogP contribution in [0.15, 0.2) is 36.7 Å². The summed E-state index contributed by atoms with van der Waals surface area (Å²) in [6, 6.07) is 6.95. The van der Waals surface area contributed by atoms with Crippen molar-refractivity contribution in [3.8, 4) is 5.75 Å². The van der Waals surface area contributed by atoms with E-state index in [1.807, 2.05) is 6.07 Å². The number of rotatable bonds is 4. The zero-order valence-electron chi connectivity index (χ0n) is 9.87. The molecule has 1 heterocycles. The second-order valence-corrected chi connectivity index (χ2v) is 4.23. The second-order valence-electron chi connectivity index (χ2n) is 3.79. The quantitative estimate of drug-likeness (QED) is 0.892. The largest absolute Gasteiger partial charge is 0.495 e. The highest BCUT2D eigenvalue weighted by atomic mass is 35.5. The van der Waals surface area contributed by atoms with E-state index in [0.29, 0.717) is 22.9 Å². The van der Waals surface area contributed by atoms with Crippen molar-refractivity contribution in [1.29, 1.82) is 0 Å². The molecule has 18 heavy (non-hydrogen) atoms.